The predicted molar refractivity (Wildman–Crippen MR) is 33.3 cm³/mol. The topological polar surface area (TPSA) is 3.24 Å². The van der Waals surface area contributed by atoms with Crippen molar-refractivity contribution in [2.45, 2.75) is 13.1 Å². The highest BCUT2D eigenvalue weighted by Gasteiger charge is 2.12. The standard InChI is InChI=1S/C5H10BN/c1-6-4-3-5-7(6)2/h3,5H,4H2,1-2H3. The molecule has 0 radical (unpaired) electrons. The van der Waals surface area contributed by atoms with Crippen LogP contribution in [0.15, 0.2) is 12.3 Å². The minimum Gasteiger partial charge on any atom is -0.423 e. The van der Waals surface area contributed by atoms with E-state index in [9.17, 15) is 0 Å². The van der Waals surface area contributed by atoms with Gasteiger partial charge >= 0.3 is 0 Å². The van der Waals surface area contributed by atoms with Gasteiger partial charge in [-0.25, -0.2) is 0 Å². The Hall–Kier alpha value is -0.395. The molecule has 0 saturated heterocycles. The fourth-order valence-electron chi connectivity index (χ4n) is 0.737. The van der Waals surface area contributed by atoms with Crippen LogP contribution in [0.4, 0.5) is 0 Å². The van der Waals surface area contributed by atoms with Crippen molar-refractivity contribution in [2.75, 3.05) is 7.05 Å². The number of nitrogens with zero attached hydrogens (tertiary/aromatic N) is 1. The van der Waals surface area contributed by atoms with Gasteiger partial charge in [-0.3, -0.25) is 0 Å². The van der Waals surface area contributed by atoms with E-state index < -0.39 is 0 Å². The summed E-state index contributed by atoms with van der Waals surface area (Å²) in [6.45, 7) is 2.96. The molecule has 1 heterocycles. The zero-order valence-corrected chi connectivity index (χ0v) is 4.89. The molecule has 0 atom stereocenters. The lowest BCUT2D eigenvalue weighted by Gasteiger charge is -2.10. The first-order valence-corrected chi connectivity index (χ1v) is 2.69. The molecular weight excluding hydrogens is 84.9 g/mol. The van der Waals surface area contributed by atoms with Crippen LogP contribution in [0.2, 0.25) is 13.1 Å². The average Bonchev–Trinajstić information content (AvgIpc) is 1.91. The Bertz CT molecular complexity index is 90.1. The second-order valence-electron chi connectivity index (χ2n) is 2.13. The third kappa shape index (κ3) is 0.790. The molecule has 1 nitrogen and oxygen atoms in total. The van der Waals surface area contributed by atoms with Crippen LogP contribution in [0.3, 0.4) is 0 Å². The molecular formula is C5H10BN. The fraction of sp³-hybridized carbons (Fsp3) is 0.600. The van der Waals surface area contributed by atoms with E-state index in [0.29, 0.717) is 0 Å². The van der Waals surface area contributed by atoms with Crippen molar-refractivity contribution in [3.63, 3.8) is 0 Å². The lowest BCUT2D eigenvalue weighted by molar-refractivity contribution is 0.729. The van der Waals surface area contributed by atoms with Gasteiger partial charge in [-0.2, -0.15) is 0 Å². The summed E-state index contributed by atoms with van der Waals surface area (Å²) < 4.78 is 0. The Morgan fingerprint density at radius 1 is 1.71 bits per heavy atom. The molecule has 0 bridgehead atoms. The van der Waals surface area contributed by atoms with Crippen LogP contribution in [0.1, 0.15) is 0 Å². The highest BCUT2D eigenvalue weighted by Crippen LogP contribution is 2.06. The van der Waals surface area contributed by atoms with Crippen LogP contribution in [-0.4, -0.2) is 18.7 Å². The van der Waals surface area contributed by atoms with Gasteiger partial charge in [0.1, 0.15) is 0 Å². The molecule has 0 unspecified atom stereocenters. The minimum atomic E-state index is 0.736. The van der Waals surface area contributed by atoms with Crippen molar-refractivity contribution in [3.05, 3.63) is 12.3 Å². The van der Waals surface area contributed by atoms with Gasteiger partial charge in [0, 0.05) is 0 Å². The van der Waals surface area contributed by atoms with Gasteiger partial charge in [-0.15, -0.1) is 0 Å². The fourth-order valence-corrected chi connectivity index (χ4v) is 0.737. The van der Waals surface area contributed by atoms with Crippen molar-refractivity contribution in [1.29, 1.82) is 0 Å². The van der Waals surface area contributed by atoms with E-state index in [0.717, 1.165) is 6.85 Å². The molecule has 0 aliphatic carbocycles. The second-order valence-corrected chi connectivity index (χ2v) is 2.13. The Labute approximate surface area is 45.1 Å². The molecule has 1 aliphatic rings. The van der Waals surface area contributed by atoms with Crippen molar-refractivity contribution in [2.24, 2.45) is 0 Å². The lowest BCUT2D eigenvalue weighted by Crippen LogP contribution is -2.22. The summed E-state index contributed by atoms with van der Waals surface area (Å²) in [7, 11) is 2.11. The maximum Gasteiger partial charge on any atom is 0.254 e. The Morgan fingerprint density at radius 2 is 2.43 bits per heavy atom. The van der Waals surface area contributed by atoms with Crippen molar-refractivity contribution >= 4 is 6.85 Å². The molecule has 0 N–H and O–H groups in total. The molecule has 2 heteroatoms. The molecule has 0 aromatic heterocycles. The van der Waals surface area contributed by atoms with Crippen LogP contribution in [0.25, 0.3) is 0 Å². The quantitative estimate of drug-likeness (QED) is 0.406. The first-order valence-electron chi connectivity index (χ1n) is 2.69. The van der Waals surface area contributed by atoms with Gasteiger partial charge < -0.3 is 4.81 Å². The molecule has 0 amide bonds. The van der Waals surface area contributed by atoms with Crippen molar-refractivity contribution < 1.29 is 0 Å². The molecule has 38 valence electrons. The third-order valence-electron chi connectivity index (χ3n) is 1.51. The summed E-state index contributed by atoms with van der Waals surface area (Å²) >= 11 is 0. The van der Waals surface area contributed by atoms with Gasteiger partial charge in [0.15, 0.2) is 0 Å². The van der Waals surface area contributed by atoms with Crippen molar-refractivity contribution in [1.82, 2.24) is 4.81 Å². The lowest BCUT2D eigenvalue weighted by atomic mass is 9.63. The Balaban J connectivity index is 2.45. The Kier molecular flexibility index (Phi) is 1.09. The summed E-state index contributed by atoms with van der Waals surface area (Å²) in [4.78, 5) is 2.22. The van der Waals surface area contributed by atoms with E-state index in [1.54, 1.807) is 0 Å². The van der Waals surface area contributed by atoms with Crippen LogP contribution in [-0.2, 0) is 0 Å². The minimum absolute atomic E-state index is 0.736. The Morgan fingerprint density at radius 3 is 2.57 bits per heavy atom. The molecule has 1 aliphatic heterocycles. The maximum atomic E-state index is 2.22. The third-order valence-corrected chi connectivity index (χ3v) is 1.51. The van der Waals surface area contributed by atoms with Crippen LogP contribution in [0.5, 0.6) is 0 Å². The monoisotopic (exact) mass is 95.1 g/mol. The number of hydrogen-bond acceptors (Lipinski definition) is 1. The molecule has 1 rings (SSSR count). The average molecular weight is 95.0 g/mol. The summed E-state index contributed by atoms with van der Waals surface area (Å²) in [6.07, 6.45) is 5.55. The smallest absolute Gasteiger partial charge is 0.254 e. The molecule has 7 heavy (non-hydrogen) atoms. The summed E-state index contributed by atoms with van der Waals surface area (Å²) in [5, 5.41) is 0. The second kappa shape index (κ2) is 1.61. The van der Waals surface area contributed by atoms with E-state index in [1.807, 2.05) is 0 Å². The van der Waals surface area contributed by atoms with Crippen LogP contribution in [0, 0.1) is 0 Å². The summed E-state index contributed by atoms with van der Waals surface area (Å²) in [5.74, 6) is 0. The number of hydrogen-bond donors (Lipinski definition) is 0. The molecule has 0 aromatic rings. The predicted octanol–water partition coefficient (Wildman–Crippen LogP) is 1.07. The van der Waals surface area contributed by atoms with E-state index in [4.69, 9.17) is 0 Å². The van der Waals surface area contributed by atoms with Gasteiger partial charge in [-0.1, -0.05) is 12.9 Å². The number of allylic oxidation sites excluding steroid dienone is 1. The molecule has 0 spiro atoms. The number of rotatable bonds is 0. The van der Waals surface area contributed by atoms with Gasteiger partial charge in [0.2, 0.25) is 0 Å². The zero-order chi connectivity index (χ0) is 5.28. The largest absolute Gasteiger partial charge is 0.423 e. The molecule has 0 aromatic carbocycles. The normalized spacial score (nSPS) is 19.1. The van der Waals surface area contributed by atoms with E-state index in [-0.39, 0.29) is 0 Å². The molecule has 0 saturated carbocycles. The highest BCUT2D eigenvalue weighted by molar-refractivity contribution is 6.55. The summed E-state index contributed by atoms with van der Waals surface area (Å²) in [6, 6.07) is 0. The van der Waals surface area contributed by atoms with Gasteiger partial charge in [-0.05, 0) is 19.6 Å². The highest BCUT2D eigenvalue weighted by atomic mass is 15.0. The first kappa shape index (κ1) is 4.76. The van der Waals surface area contributed by atoms with Crippen molar-refractivity contribution in [3.8, 4) is 0 Å². The van der Waals surface area contributed by atoms with E-state index in [1.165, 1.54) is 6.32 Å². The summed E-state index contributed by atoms with van der Waals surface area (Å²) in [5.41, 5.74) is 0. The van der Waals surface area contributed by atoms with E-state index >= 15 is 0 Å². The van der Waals surface area contributed by atoms with Gasteiger partial charge in [0.25, 0.3) is 6.85 Å². The first-order chi connectivity index (χ1) is 3.30. The maximum absolute atomic E-state index is 2.22. The van der Waals surface area contributed by atoms with Crippen LogP contribution < -0.4 is 0 Å². The molecule has 0 fully saturated rings. The SMILES string of the molecule is CB1CC=CN1C. The van der Waals surface area contributed by atoms with Gasteiger partial charge in [0.05, 0.1) is 0 Å². The van der Waals surface area contributed by atoms with E-state index in [2.05, 4.69) is 31.0 Å². The zero-order valence-electron chi connectivity index (χ0n) is 4.89. The van der Waals surface area contributed by atoms with Crippen LogP contribution >= 0.6 is 0 Å².